The summed E-state index contributed by atoms with van der Waals surface area (Å²) in [5, 5.41) is 9.94. The fourth-order valence-electron chi connectivity index (χ4n) is 2.36. The summed E-state index contributed by atoms with van der Waals surface area (Å²) in [6.07, 6.45) is -2.22. The Kier molecular flexibility index (Phi) is 9.85. The Hall–Kier alpha value is 0.178. The molecule has 6 nitrogen and oxygen atoms in total. The van der Waals surface area contributed by atoms with Crippen LogP contribution in [-0.2, 0) is 22.5 Å². The summed E-state index contributed by atoms with van der Waals surface area (Å²) in [4.78, 5) is 12.1. The lowest BCUT2D eigenvalue weighted by molar-refractivity contribution is -0.155. The van der Waals surface area contributed by atoms with Crippen molar-refractivity contribution in [3.63, 3.8) is 0 Å². The fourth-order valence-corrected chi connectivity index (χ4v) is 6.23. The maximum atomic E-state index is 12.1. The second-order valence-corrected chi connectivity index (χ2v) is 28.8. The Labute approximate surface area is 170 Å². The number of rotatable bonds is 12. The molecule has 0 aliphatic carbocycles. The molecule has 0 aromatic carbocycles. The van der Waals surface area contributed by atoms with Crippen LogP contribution in [0.1, 0.15) is 0 Å². The van der Waals surface area contributed by atoms with Crippen LogP contribution >= 0.6 is 0 Å². The molecule has 0 rings (SSSR count). The first-order valence-corrected chi connectivity index (χ1v) is 23.2. The van der Waals surface area contributed by atoms with Crippen LogP contribution in [0.15, 0.2) is 0 Å². The standard InChI is InChI=1S/C17H42O6Si4/c1-24(2,3)20-13-14(21-25(4,5)6)15(22-26(7,8)9)16(17(18)19)23-27(10,11)12/h14-16H,13H2,1-12H3,(H,18,19)/t14-,15-,16-/m1/s1. The van der Waals surface area contributed by atoms with E-state index in [1.54, 1.807) is 0 Å². The number of carbonyl (C=O) groups is 1. The maximum Gasteiger partial charge on any atom is 0.334 e. The molecule has 0 unspecified atom stereocenters. The fraction of sp³-hybridized carbons (Fsp3) is 0.941. The van der Waals surface area contributed by atoms with E-state index in [9.17, 15) is 9.90 Å². The van der Waals surface area contributed by atoms with E-state index in [-0.39, 0.29) is 0 Å². The highest BCUT2D eigenvalue weighted by Gasteiger charge is 2.43. The summed E-state index contributed by atoms with van der Waals surface area (Å²) in [7, 11) is -7.92. The molecule has 0 bridgehead atoms. The van der Waals surface area contributed by atoms with Crippen molar-refractivity contribution in [3.8, 4) is 0 Å². The van der Waals surface area contributed by atoms with Crippen LogP contribution < -0.4 is 0 Å². The second kappa shape index (κ2) is 9.79. The molecule has 0 aromatic heterocycles. The molecule has 0 fully saturated rings. The van der Waals surface area contributed by atoms with Crippen LogP contribution in [0.25, 0.3) is 0 Å². The van der Waals surface area contributed by atoms with E-state index in [1.807, 2.05) is 19.6 Å². The zero-order valence-electron chi connectivity index (χ0n) is 19.4. The molecule has 162 valence electrons. The Morgan fingerprint density at radius 2 is 1.11 bits per heavy atom. The van der Waals surface area contributed by atoms with Crippen molar-refractivity contribution in [3.05, 3.63) is 0 Å². The largest absolute Gasteiger partial charge is 0.479 e. The van der Waals surface area contributed by atoms with Crippen molar-refractivity contribution in [2.45, 2.75) is 96.9 Å². The highest BCUT2D eigenvalue weighted by atomic mass is 28.4. The Bertz CT molecular complexity index is 474. The summed E-state index contributed by atoms with van der Waals surface area (Å²) in [6, 6.07) is 0. The molecule has 0 saturated carbocycles. The third-order valence-electron chi connectivity index (χ3n) is 3.06. The molecular formula is C17H42O6Si4. The van der Waals surface area contributed by atoms with E-state index < -0.39 is 57.6 Å². The Morgan fingerprint density at radius 3 is 1.41 bits per heavy atom. The average Bonchev–Trinajstić information content (AvgIpc) is 2.34. The van der Waals surface area contributed by atoms with Gasteiger partial charge in [-0.15, -0.1) is 0 Å². The van der Waals surface area contributed by atoms with Gasteiger partial charge in [-0.3, -0.25) is 0 Å². The number of carboxylic acids is 1. The Balaban J connectivity index is 5.96. The molecule has 0 heterocycles. The van der Waals surface area contributed by atoms with Crippen molar-refractivity contribution in [1.29, 1.82) is 0 Å². The molecule has 0 amide bonds. The summed E-state index contributed by atoms with van der Waals surface area (Å²) in [6.45, 7) is 25.1. The van der Waals surface area contributed by atoms with Crippen molar-refractivity contribution < 1.29 is 27.6 Å². The molecular weight excluding hydrogens is 413 g/mol. The first kappa shape index (κ1) is 27.2. The van der Waals surface area contributed by atoms with Crippen LogP contribution in [0, 0.1) is 0 Å². The number of aliphatic carboxylic acids is 1. The van der Waals surface area contributed by atoms with Crippen LogP contribution in [0.2, 0.25) is 78.6 Å². The summed E-state index contributed by atoms with van der Waals surface area (Å²) in [5.74, 6) is -1.00. The van der Waals surface area contributed by atoms with Gasteiger partial charge >= 0.3 is 5.97 Å². The summed E-state index contributed by atoms with van der Waals surface area (Å²) >= 11 is 0. The van der Waals surface area contributed by atoms with E-state index in [4.69, 9.17) is 17.7 Å². The normalized spacial score (nSPS) is 17.5. The zero-order chi connectivity index (χ0) is 21.8. The van der Waals surface area contributed by atoms with E-state index in [1.165, 1.54) is 0 Å². The van der Waals surface area contributed by atoms with Crippen LogP contribution in [-0.4, -0.2) is 69.3 Å². The molecule has 27 heavy (non-hydrogen) atoms. The smallest absolute Gasteiger partial charge is 0.334 e. The number of carboxylic acid groups (broad SMARTS) is 1. The van der Waals surface area contributed by atoms with Gasteiger partial charge in [0.05, 0.1) is 12.7 Å². The maximum absolute atomic E-state index is 12.1. The molecule has 3 atom stereocenters. The minimum atomic E-state index is -2.11. The molecule has 0 aliphatic heterocycles. The van der Waals surface area contributed by atoms with Gasteiger partial charge in [0.25, 0.3) is 0 Å². The molecule has 0 aromatic rings. The first-order valence-electron chi connectivity index (χ1n) is 9.60. The molecule has 10 heteroatoms. The lowest BCUT2D eigenvalue weighted by Gasteiger charge is -2.40. The third-order valence-corrected chi connectivity index (χ3v) is 7.05. The van der Waals surface area contributed by atoms with Gasteiger partial charge in [0.15, 0.2) is 39.4 Å². The van der Waals surface area contributed by atoms with Crippen LogP contribution in [0.4, 0.5) is 0 Å². The van der Waals surface area contributed by atoms with Gasteiger partial charge in [0, 0.05) is 0 Å². The lowest BCUT2D eigenvalue weighted by atomic mass is 10.1. The molecule has 0 spiro atoms. The predicted octanol–water partition coefficient (Wildman–Crippen LogP) is 4.58. The van der Waals surface area contributed by atoms with Crippen molar-refractivity contribution >= 4 is 39.2 Å². The predicted molar refractivity (Wildman–Crippen MR) is 122 cm³/mol. The monoisotopic (exact) mass is 454 g/mol. The van der Waals surface area contributed by atoms with E-state index >= 15 is 0 Å². The van der Waals surface area contributed by atoms with E-state index in [0.717, 1.165) is 0 Å². The summed E-state index contributed by atoms with van der Waals surface area (Å²) in [5.41, 5.74) is 0. The van der Waals surface area contributed by atoms with E-state index in [0.29, 0.717) is 6.61 Å². The minimum absolute atomic E-state index is 0.327. The zero-order valence-corrected chi connectivity index (χ0v) is 23.4. The van der Waals surface area contributed by atoms with Crippen molar-refractivity contribution in [2.24, 2.45) is 0 Å². The molecule has 0 saturated heterocycles. The van der Waals surface area contributed by atoms with Gasteiger partial charge in [0.2, 0.25) is 0 Å². The number of hydrogen-bond acceptors (Lipinski definition) is 5. The van der Waals surface area contributed by atoms with Crippen molar-refractivity contribution in [1.82, 2.24) is 0 Å². The van der Waals surface area contributed by atoms with Crippen LogP contribution in [0.3, 0.4) is 0 Å². The highest BCUT2D eigenvalue weighted by Crippen LogP contribution is 2.24. The number of hydrogen-bond donors (Lipinski definition) is 1. The van der Waals surface area contributed by atoms with Gasteiger partial charge in [-0.2, -0.15) is 0 Å². The van der Waals surface area contributed by atoms with Crippen LogP contribution in [0.5, 0.6) is 0 Å². The van der Waals surface area contributed by atoms with Gasteiger partial charge in [-0.05, 0) is 78.6 Å². The van der Waals surface area contributed by atoms with Gasteiger partial charge in [0.1, 0.15) is 6.10 Å². The summed E-state index contributed by atoms with van der Waals surface area (Å²) < 4.78 is 25.0. The highest BCUT2D eigenvalue weighted by molar-refractivity contribution is 6.71. The van der Waals surface area contributed by atoms with Gasteiger partial charge in [-0.1, -0.05) is 0 Å². The molecule has 0 radical (unpaired) electrons. The first-order chi connectivity index (χ1) is 11.7. The second-order valence-electron chi connectivity index (χ2n) is 10.9. The van der Waals surface area contributed by atoms with Crippen molar-refractivity contribution in [2.75, 3.05) is 6.61 Å². The Morgan fingerprint density at radius 1 is 0.704 bits per heavy atom. The molecule has 1 N–H and O–H groups in total. The minimum Gasteiger partial charge on any atom is -0.479 e. The third kappa shape index (κ3) is 13.9. The van der Waals surface area contributed by atoms with Gasteiger partial charge < -0.3 is 22.8 Å². The average molecular weight is 455 g/mol. The van der Waals surface area contributed by atoms with Gasteiger partial charge in [-0.25, -0.2) is 4.79 Å². The van der Waals surface area contributed by atoms with E-state index in [2.05, 4.69) is 58.9 Å². The SMILES string of the molecule is C[Si](C)(C)OC[C@@H](O[Si](C)(C)C)[C@@H](O[Si](C)(C)C)[C@@H](O[Si](C)(C)C)C(=O)O. The quantitative estimate of drug-likeness (QED) is 0.435. The lowest BCUT2D eigenvalue weighted by Crippen LogP contribution is -2.57. The topological polar surface area (TPSA) is 74.2 Å². The molecule has 0 aliphatic rings.